The molecule has 3 rings (SSSR count). The molecule has 1 N–H and O–H groups in total. The molecule has 176 valence electrons. The number of amides is 1. The molecule has 0 spiro atoms. The number of nitrogens with one attached hydrogen (secondary N) is 1. The predicted molar refractivity (Wildman–Crippen MR) is 145 cm³/mol. The maximum atomic E-state index is 12.5. The summed E-state index contributed by atoms with van der Waals surface area (Å²) in [4.78, 5) is 17.2. The molecule has 0 aliphatic rings. The molecule has 8 heteroatoms. The van der Waals surface area contributed by atoms with Gasteiger partial charge in [-0.1, -0.05) is 76.3 Å². The highest BCUT2D eigenvalue weighted by molar-refractivity contribution is 9.10. The van der Waals surface area contributed by atoms with Crippen LogP contribution in [0.5, 0.6) is 5.75 Å². The second-order valence-electron chi connectivity index (χ2n) is 7.25. The van der Waals surface area contributed by atoms with Crippen LogP contribution in [0, 0.1) is 0 Å². The summed E-state index contributed by atoms with van der Waals surface area (Å²) in [5.74, 6) is 0.652. The molecule has 0 aliphatic carbocycles. The van der Waals surface area contributed by atoms with Gasteiger partial charge in [-0.3, -0.25) is 4.79 Å². The maximum Gasteiger partial charge on any atom is 0.250 e. The molecule has 1 heterocycles. The lowest BCUT2D eigenvalue weighted by molar-refractivity contribution is -0.118. The van der Waals surface area contributed by atoms with E-state index in [0.29, 0.717) is 12.3 Å². The Bertz CT molecular complexity index is 1250. The number of allylic oxidation sites excluding steroid dienone is 5. The van der Waals surface area contributed by atoms with Crippen LogP contribution in [0.2, 0.25) is 0 Å². The van der Waals surface area contributed by atoms with Crippen LogP contribution < -0.4 is 10.2 Å². The van der Waals surface area contributed by atoms with E-state index in [1.54, 1.807) is 19.4 Å². The summed E-state index contributed by atoms with van der Waals surface area (Å²) < 4.78 is 8.38. The van der Waals surface area contributed by atoms with E-state index < -0.39 is 0 Å². The highest BCUT2D eigenvalue weighted by Gasteiger charge is 2.14. The van der Waals surface area contributed by atoms with E-state index in [9.17, 15) is 4.79 Å². The molecule has 0 fully saturated rings. The number of carbonyl (C=O) groups excluding carboxylic acids is 1. The monoisotopic (exact) mass is 538 g/mol. The Morgan fingerprint density at radius 2 is 2.15 bits per heavy atom. The number of carbonyl (C=O) groups is 1. The van der Waals surface area contributed by atoms with E-state index in [0.717, 1.165) is 32.6 Å². The third-order valence-corrected chi connectivity index (χ3v) is 6.43. The summed E-state index contributed by atoms with van der Waals surface area (Å²) in [6.45, 7) is 6.46. The zero-order valence-electron chi connectivity index (χ0n) is 19.2. The molecule has 1 amide bonds. The van der Waals surface area contributed by atoms with E-state index >= 15 is 0 Å². The zero-order valence-corrected chi connectivity index (χ0v) is 21.6. The minimum Gasteiger partial charge on any atom is -0.496 e. The van der Waals surface area contributed by atoms with Crippen molar-refractivity contribution in [1.29, 1.82) is 0 Å². The van der Waals surface area contributed by atoms with Gasteiger partial charge in [0, 0.05) is 16.6 Å². The third-order valence-electron chi connectivity index (χ3n) is 4.96. The Balaban J connectivity index is 1.69. The maximum absolute atomic E-state index is 12.5. The van der Waals surface area contributed by atoms with E-state index in [4.69, 9.17) is 9.72 Å². The van der Waals surface area contributed by atoms with Crippen molar-refractivity contribution in [1.82, 2.24) is 15.0 Å². The Hall–Kier alpha value is -3.10. The highest BCUT2D eigenvalue weighted by atomic mass is 79.9. The number of methoxy groups -OCH3 is 1. The molecule has 3 aromatic rings. The minimum atomic E-state index is -0.214. The lowest BCUT2D eigenvalue weighted by Crippen LogP contribution is -2.20. The molecule has 0 bridgehead atoms. The number of nitrogens with zero attached hydrogens (tertiary/aromatic N) is 3. The van der Waals surface area contributed by atoms with Crippen molar-refractivity contribution in [3.8, 4) is 5.75 Å². The number of hydrazone groups is 1. The number of para-hydroxylation sites is 2. The van der Waals surface area contributed by atoms with E-state index in [1.165, 1.54) is 17.3 Å². The van der Waals surface area contributed by atoms with Crippen molar-refractivity contribution in [2.24, 2.45) is 5.10 Å². The molecular formula is C26H27BrN4O2S. The Kier molecular flexibility index (Phi) is 9.73. The smallest absolute Gasteiger partial charge is 0.250 e. The van der Waals surface area contributed by atoms with Gasteiger partial charge in [0.05, 0.1) is 30.1 Å². The average Bonchev–Trinajstić information content (AvgIpc) is 3.19. The third kappa shape index (κ3) is 6.95. The zero-order chi connectivity index (χ0) is 24.3. The van der Waals surface area contributed by atoms with Crippen molar-refractivity contribution in [3.05, 3.63) is 89.0 Å². The predicted octanol–water partition coefficient (Wildman–Crippen LogP) is 6.13. The highest BCUT2D eigenvalue weighted by Crippen LogP contribution is 2.26. The number of imidazole rings is 1. The Morgan fingerprint density at radius 3 is 2.91 bits per heavy atom. The van der Waals surface area contributed by atoms with Gasteiger partial charge in [-0.05, 0) is 43.7 Å². The largest absolute Gasteiger partial charge is 0.496 e. The van der Waals surface area contributed by atoms with Gasteiger partial charge in [0.15, 0.2) is 5.16 Å². The molecule has 0 saturated carbocycles. The van der Waals surface area contributed by atoms with Gasteiger partial charge in [0.2, 0.25) is 0 Å². The summed E-state index contributed by atoms with van der Waals surface area (Å²) >= 11 is 4.82. The number of halogens is 1. The van der Waals surface area contributed by atoms with E-state index in [-0.39, 0.29) is 11.7 Å². The molecule has 0 radical (unpaired) electrons. The first-order chi connectivity index (χ1) is 16.5. The Morgan fingerprint density at radius 1 is 1.32 bits per heavy atom. The van der Waals surface area contributed by atoms with Crippen LogP contribution in [0.4, 0.5) is 0 Å². The molecule has 0 unspecified atom stereocenters. The van der Waals surface area contributed by atoms with Crippen LogP contribution in [-0.2, 0) is 11.3 Å². The quantitative estimate of drug-likeness (QED) is 0.105. The summed E-state index contributed by atoms with van der Waals surface area (Å²) in [5, 5.41) is 4.87. The molecule has 0 atom stereocenters. The lowest BCUT2D eigenvalue weighted by Gasteiger charge is -2.11. The SMILES string of the molecule is C=C/C=C\C/C(=C\C)Cn1c(SCC(=O)N/N=C/c2cc(Br)ccc2OC)nc2ccccc21. The van der Waals surface area contributed by atoms with Gasteiger partial charge >= 0.3 is 0 Å². The second kappa shape index (κ2) is 13.0. The van der Waals surface area contributed by atoms with Crippen LogP contribution >= 0.6 is 27.7 Å². The van der Waals surface area contributed by atoms with Gasteiger partial charge in [-0.25, -0.2) is 10.4 Å². The molecular weight excluding hydrogens is 512 g/mol. The van der Waals surface area contributed by atoms with Gasteiger partial charge in [-0.15, -0.1) is 0 Å². The molecule has 0 aliphatic heterocycles. The number of aromatic nitrogens is 2. The first-order valence-electron chi connectivity index (χ1n) is 10.7. The Labute approximate surface area is 212 Å². The average molecular weight is 539 g/mol. The number of thioether (sulfide) groups is 1. The van der Waals surface area contributed by atoms with E-state index in [2.05, 4.69) is 55.8 Å². The van der Waals surface area contributed by atoms with Crippen LogP contribution in [-0.4, -0.2) is 34.5 Å². The first-order valence-corrected chi connectivity index (χ1v) is 12.5. The van der Waals surface area contributed by atoms with Crippen LogP contribution in [0.25, 0.3) is 11.0 Å². The first kappa shape index (κ1) is 25.5. The van der Waals surface area contributed by atoms with Crippen molar-refractivity contribution in [3.63, 3.8) is 0 Å². The second-order valence-corrected chi connectivity index (χ2v) is 9.11. The number of ether oxygens (including phenoxy) is 1. The molecule has 6 nitrogen and oxygen atoms in total. The molecule has 2 aromatic carbocycles. The molecule has 1 aromatic heterocycles. The number of hydrogen-bond acceptors (Lipinski definition) is 5. The van der Waals surface area contributed by atoms with Crippen molar-refractivity contribution in [2.75, 3.05) is 12.9 Å². The van der Waals surface area contributed by atoms with Gasteiger partial charge < -0.3 is 9.30 Å². The van der Waals surface area contributed by atoms with Gasteiger partial charge in [-0.2, -0.15) is 5.10 Å². The van der Waals surface area contributed by atoms with Crippen LogP contribution in [0.3, 0.4) is 0 Å². The minimum absolute atomic E-state index is 0.192. The van der Waals surface area contributed by atoms with Crippen molar-refractivity contribution in [2.45, 2.75) is 25.0 Å². The standard InChI is InChI=1S/C26H27BrN4O2S/c1-4-6-7-10-19(5-2)17-31-23-12-9-8-11-22(23)29-26(31)34-18-25(32)30-28-16-20-15-21(27)13-14-24(20)33-3/h4-9,11-16H,1,10,17-18H2,2-3H3,(H,30,32)/b7-6-,19-5+,28-16+. The molecule has 0 saturated heterocycles. The lowest BCUT2D eigenvalue weighted by atomic mass is 10.1. The fourth-order valence-corrected chi connectivity index (χ4v) is 4.44. The fourth-order valence-electron chi connectivity index (χ4n) is 3.25. The summed E-state index contributed by atoms with van der Waals surface area (Å²) in [6.07, 6.45) is 10.3. The van der Waals surface area contributed by atoms with E-state index in [1.807, 2.05) is 49.4 Å². The number of rotatable bonds is 11. The fraction of sp³-hybridized carbons (Fsp3) is 0.192. The van der Waals surface area contributed by atoms with Crippen molar-refractivity contribution >= 4 is 50.8 Å². The number of hydrogen-bond donors (Lipinski definition) is 1. The topological polar surface area (TPSA) is 68.5 Å². The number of benzene rings is 2. The van der Waals surface area contributed by atoms with Crippen molar-refractivity contribution < 1.29 is 9.53 Å². The van der Waals surface area contributed by atoms with Gasteiger partial charge in [0.25, 0.3) is 5.91 Å². The van der Waals surface area contributed by atoms with Gasteiger partial charge in [0.1, 0.15) is 5.75 Å². The van der Waals surface area contributed by atoms with Crippen LogP contribution in [0.15, 0.2) is 93.7 Å². The summed E-state index contributed by atoms with van der Waals surface area (Å²) in [6, 6.07) is 13.6. The summed E-state index contributed by atoms with van der Waals surface area (Å²) in [7, 11) is 1.59. The molecule has 34 heavy (non-hydrogen) atoms. The normalized spacial score (nSPS) is 12.0. The van der Waals surface area contributed by atoms with Crippen LogP contribution in [0.1, 0.15) is 18.9 Å². The number of fused-ring (bicyclic) bond motifs is 1. The summed E-state index contributed by atoms with van der Waals surface area (Å²) in [5.41, 5.74) is 6.54.